The largest absolute Gasteiger partial charge is 0.462 e. The van der Waals surface area contributed by atoms with Crippen molar-refractivity contribution < 1.29 is 23.6 Å². The molecule has 0 saturated carbocycles. The summed E-state index contributed by atoms with van der Waals surface area (Å²) in [5.41, 5.74) is 8.47. The van der Waals surface area contributed by atoms with Gasteiger partial charge in [0.1, 0.15) is 30.9 Å². The number of aryl methyl sites for hydroxylation is 2. The summed E-state index contributed by atoms with van der Waals surface area (Å²) in [4.78, 5) is 41.2. The Hall–Kier alpha value is -3.24. The zero-order valence-corrected chi connectivity index (χ0v) is 17.2. The van der Waals surface area contributed by atoms with Gasteiger partial charge < -0.3 is 15.8 Å². The lowest BCUT2D eigenvalue weighted by Gasteiger charge is -2.17. The van der Waals surface area contributed by atoms with E-state index in [9.17, 15) is 18.8 Å². The lowest BCUT2D eigenvalue weighted by Crippen LogP contribution is -2.32. The number of nitrogens with zero attached hydrogens (tertiary/aromatic N) is 1. The Balaban J connectivity index is 2.17. The molecule has 1 aromatic heterocycles. The molecule has 1 heterocycles. The lowest BCUT2D eigenvalue weighted by molar-refractivity contribution is -0.146. The van der Waals surface area contributed by atoms with E-state index in [2.05, 4.69) is 10.8 Å². The van der Waals surface area contributed by atoms with Gasteiger partial charge in [-0.1, -0.05) is 6.07 Å². The SMILES string of the molecule is Cc1ccc(Nc2c(C(=O)NOCCOC(=O)C(C)N)cc(C)c(=O)n2C)c(F)c1. The molecule has 1 unspecified atom stereocenters. The fraction of sp³-hybridized carbons (Fsp3) is 0.350. The third kappa shape index (κ3) is 5.65. The van der Waals surface area contributed by atoms with E-state index in [4.69, 9.17) is 15.3 Å². The van der Waals surface area contributed by atoms with Crippen LogP contribution in [0, 0.1) is 19.7 Å². The number of aromatic nitrogens is 1. The summed E-state index contributed by atoms with van der Waals surface area (Å²) in [5.74, 6) is -1.69. The fourth-order valence-electron chi connectivity index (χ4n) is 2.55. The molecule has 0 fully saturated rings. The predicted molar refractivity (Wildman–Crippen MR) is 109 cm³/mol. The number of nitrogens with two attached hydrogens (primary N) is 1. The molecule has 162 valence electrons. The molecular weight excluding hydrogens is 395 g/mol. The highest BCUT2D eigenvalue weighted by Gasteiger charge is 2.19. The van der Waals surface area contributed by atoms with E-state index < -0.39 is 23.7 Å². The Morgan fingerprint density at radius 1 is 1.23 bits per heavy atom. The smallest absolute Gasteiger partial charge is 0.322 e. The van der Waals surface area contributed by atoms with Crippen molar-refractivity contribution in [1.29, 1.82) is 0 Å². The summed E-state index contributed by atoms with van der Waals surface area (Å²) in [7, 11) is 1.47. The van der Waals surface area contributed by atoms with E-state index in [0.717, 1.165) is 5.56 Å². The number of carbonyl (C=O) groups excluding carboxylic acids is 2. The molecule has 2 aromatic rings. The van der Waals surface area contributed by atoms with Crippen LogP contribution in [0.1, 0.15) is 28.4 Å². The highest BCUT2D eigenvalue weighted by molar-refractivity contribution is 5.99. The van der Waals surface area contributed by atoms with Crippen LogP contribution >= 0.6 is 0 Å². The number of benzene rings is 1. The van der Waals surface area contributed by atoms with Crippen LogP contribution in [0.5, 0.6) is 0 Å². The van der Waals surface area contributed by atoms with Gasteiger partial charge in [-0.3, -0.25) is 23.8 Å². The number of esters is 1. The quantitative estimate of drug-likeness (QED) is 0.335. The van der Waals surface area contributed by atoms with Gasteiger partial charge in [0.25, 0.3) is 11.5 Å². The number of halogens is 1. The summed E-state index contributed by atoms with van der Waals surface area (Å²) >= 11 is 0. The normalized spacial score (nSPS) is 11.7. The molecule has 0 spiro atoms. The van der Waals surface area contributed by atoms with Crippen molar-refractivity contribution in [1.82, 2.24) is 10.0 Å². The molecule has 1 aromatic carbocycles. The monoisotopic (exact) mass is 420 g/mol. The third-order valence-corrected chi connectivity index (χ3v) is 4.18. The number of hydroxylamine groups is 1. The molecule has 1 amide bonds. The molecule has 4 N–H and O–H groups in total. The van der Waals surface area contributed by atoms with Gasteiger partial charge in [0.15, 0.2) is 0 Å². The Kier molecular flexibility index (Phi) is 7.67. The number of hydrogen-bond acceptors (Lipinski definition) is 7. The van der Waals surface area contributed by atoms with Gasteiger partial charge in [0.05, 0.1) is 11.3 Å². The Bertz CT molecular complexity index is 1000. The molecule has 30 heavy (non-hydrogen) atoms. The van der Waals surface area contributed by atoms with Gasteiger partial charge in [0.2, 0.25) is 0 Å². The highest BCUT2D eigenvalue weighted by atomic mass is 19.1. The van der Waals surface area contributed by atoms with E-state index >= 15 is 0 Å². The number of nitrogens with one attached hydrogen (secondary N) is 2. The maximum atomic E-state index is 14.3. The average Bonchev–Trinajstić information content (AvgIpc) is 2.69. The summed E-state index contributed by atoms with van der Waals surface area (Å²) in [6.07, 6.45) is 0. The van der Waals surface area contributed by atoms with E-state index in [1.165, 1.54) is 36.7 Å². The van der Waals surface area contributed by atoms with Crippen molar-refractivity contribution in [2.75, 3.05) is 18.5 Å². The molecule has 9 nitrogen and oxygen atoms in total. The zero-order valence-electron chi connectivity index (χ0n) is 17.2. The molecule has 1 atom stereocenters. The van der Waals surface area contributed by atoms with Gasteiger partial charge >= 0.3 is 5.97 Å². The first-order valence-electron chi connectivity index (χ1n) is 9.20. The van der Waals surface area contributed by atoms with Crippen LogP contribution in [-0.4, -0.2) is 35.7 Å². The van der Waals surface area contributed by atoms with Crippen LogP contribution in [0.15, 0.2) is 29.1 Å². The number of hydrogen-bond donors (Lipinski definition) is 3. The van der Waals surface area contributed by atoms with Gasteiger partial charge in [-0.2, -0.15) is 0 Å². The number of pyridine rings is 1. The Morgan fingerprint density at radius 2 is 1.93 bits per heavy atom. The molecule has 0 aliphatic heterocycles. The lowest BCUT2D eigenvalue weighted by atomic mass is 10.1. The van der Waals surface area contributed by atoms with Gasteiger partial charge in [-0.25, -0.2) is 9.87 Å². The summed E-state index contributed by atoms with van der Waals surface area (Å²) in [5, 5.41) is 2.80. The zero-order chi connectivity index (χ0) is 22.4. The fourth-order valence-corrected chi connectivity index (χ4v) is 2.55. The van der Waals surface area contributed by atoms with Crippen molar-refractivity contribution in [2.45, 2.75) is 26.8 Å². The second-order valence-electron chi connectivity index (χ2n) is 6.80. The van der Waals surface area contributed by atoms with E-state index in [0.29, 0.717) is 5.56 Å². The number of rotatable bonds is 8. The van der Waals surface area contributed by atoms with Crippen molar-refractivity contribution in [3.8, 4) is 0 Å². The molecule has 0 aliphatic carbocycles. The average molecular weight is 420 g/mol. The standard InChI is InChI=1S/C20H25FN4O5/c1-11-5-6-16(15(21)9-11)23-17-14(10-12(2)19(27)25(17)4)18(26)24-30-8-7-29-20(28)13(3)22/h5-6,9-10,13,23H,7-8,22H2,1-4H3,(H,24,26). The van der Waals surface area contributed by atoms with Crippen LogP contribution in [-0.2, 0) is 21.4 Å². The van der Waals surface area contributed by atoms with Crippen molar-refractivity contribution in [2.24, 2.45) is 12.8 Å². The minimum absolute atomic E-state index is 0.0714. The Morgan fingerprint density at radius 3 is 2.57 bits per heavy atom. The summed E-state index contributed by atoms with van der Waals surface area (Å²) in [6.45, 7) is 4.58. The highest BCUT2D eigenvalue weighted by Crippen LogP contribution is 2.23. The van der Waals surface area contributed by atoms with Crippen molar-refractivity contribution >= 4 is 23.4 Å². The maximum absolute atomic E-state index is 14.3. The molecule has 0 radical (unpaired) electrons. The minimum Gasteiger partial charge on any atom is -0.462 e. The first-order chi connectivity index (χ1) is 14.1. The van der Waals surface area contributed by atoms with Crippen LogP contribution < -0.4 is 22.1 Å². The first-order valence-corrected chi connectivity index (χ1v) is 9.20. The van der Waals surface area contributed by atoms with Gasteiger partial charge in [-0.05, 0) is 44.5 Å². The number of anilines is 2. The predicted octanol–water partition coefficient (Wildman–Crippen LogP) is 1.44. The molecule has 0 saturated heterocycles. The van der Waals surface area contributed by atoms with E-state index in [1.807, 2.05) is 0 Å². The van der Waals surface area contributed by atoms with Crippen LogP contribution in [0.25, 0.3) is 0 Å². The van der Waals surface area contributed by atoms with E-state index in [1.54, 1.807) is 19.9 Å². The number of carbonyl (C=O) groups is 2. The third-order valence-electron chi connectivity index (χ3n) is 4.18. The molecule has 0 bridgehead atoms. The second kappa shape index (κ2) is 9.99. The number of ether oxygens (including phenoxy) is 1. The number of amides is 1. The van der Waals surface area contributed by atoms with Crippen molar-refractivity contribution in [3.63, 3.8) is 0 Å². The van der Waals surface area contributed by atoms with Crippen LogP contribution in [0.3, 0.4) is 0 Å². The summed E-state index contributed by atoms with van der Waals surface area (Å²) in [6, 6.07) is 5.17. The minimum atomic E-state index is -0.760. The van der Waals surface area contributed by atoms with E-state index in [-0.39, 0.29) is 35.8 Å². The topological polar surface area (TPSA) is 125 Å². The summed E-state index contributed by atoms with van der Waals surface area (Å²) < 4.78 is 20.3. The molecule has 10 heteroatoms. The molecule has 0 aliphatic rings. The van der Waals surface area contributed by atoms with Crippen LogP contribution in [0.2, 0.25) is 0 Å². The Labute approximate surface area is 172 Å². The molecule has 2 rings (SSSR count). The van der Waals surface area contributed by atoms with Crippen molar-refractivity contribution in [3.05, 3.63) is 57.1 Å². The maximum Gasteiger partial charge on any atom is 0.322 e. The van der Waals surface area contributed by atoms with Crippen LogP contribution in [0.4, 0.5) is 15.9 Å². The molecular formula is C20H25FN4O5. The van der Waals surface area contributed by atoms with Gasteiger partial charge in [-0.15, -0.1) is 0 Å². The first kappa shape index (κ1) is 23.0. The second-order valence-corrected chi connectivity index (χ2v) is 6.80. The van der Waals surface area contributed by atoms with Gasteiger partial charge in [0, 0.05) is 12.6 Å².